The number of hydrogen-bond acceptors (Lipinski definition) is 5. The summed E-state index contributed by atoms with van der Waals surface area (Å²) >= 11 is 0. The maximum Gasteiger partial charge on any atom is 0.283 e. The second-order valence-corrected chi connectivity index (χ2v) is 4.45. The number of hydrogen-bond donors (Lipinski definition) is 1. The van der Waals surface area contributed by atoms with E-state index < -0.39 is 15.9 Å². The Labute approximate surface area is 87.8 Å². The fraction of sp³-hybridized carbons (Fsp3) is 0.375. The molecule has 0 aliphatic carbocycles. The van der Waals surface area contributed by atoms with Crippen LogP contribution in [0.2, 0.25) is 0 Å². The highest BCUT2D eigenvalue weighted by molar-refractivity contribution is 7.90. The van der Waals surface area contributed by atoms with E-state index in [0.717, 1.165) is 6.20 Å². The molecule has 0 atom stereocenters. The molecule has 1 heterocycles. The first-order valence-corrected chi connectivity index (χ1v) is 5.86. The summed E-state index contributed by atoms with van der Waals surface area (Å²) in [6.45, 7) is 1.79. The van der Waals surface area contributed by atoms with Gasteiger partial charge in [0.05, 0.1) is 6.20 Å². The highest BCUT2D eigenvalue weighted by atomic mass is 32.2. The van der Waals surface area contributed by atoms with Gasteiger partial charge in [0.1, 0.15) is 0 Å². The summed E-state index contributed by atoms with van der Waals surface area (Å²) in [5.74, 6) is -0.539. The van der Waals surface area contributed by atoms with Crippen LogP contribution in [0.1, 0.15) is 19.8 Å². The lowest BCUT2D eigenvalue weighted by atomic mass is 10.3. The molecule has 0 fully saturated rings. The number of sulfonamides is 1. The minimum atomic E-state index is -3.85. The molecule has 1 rings (SSSR count). The summed E-state index contributed by atoms with van der Waals surface area (Å²) in [7, 11) is -3.85. The molecular formula is C8H11N3O3S. The molecule has 1 amide bonds. The van der Waals surface area contributed by atoms with Crippen LogP contribution in [-0.2, 0) is 14.8 Å². The molecule has 0 saturated heterocycles. The standard InChI is InChI=1S/C8H11N3O3S/c1-2-3-7(12)11-15(13,14)8-6-9-4-5-10-8/h4-6H,2-3H2,1H3,(H,11,12). The van der Waals surface area contributed by atoms with Gasteiger partial charge in [0, 0.05) is 18.8 Å². The minimum Gasteiger partial charge on any atom is -0.274 e. The molecule has 0 aromatic carbocycles. The molecule has 82 valence electrons. The Hall–Kier alpha value is -1.50. The molecule has 0 bridgehead atoms. The lowest BCUT2D eigenvalue weighted by Crippen LogP contribution is -2.30. The van der Waals surface area contributed by atoms with Gasteiger partial charge in [-0.15, -0.1) is 0 Å². The Morgan fingerprint density at radius 1 is 1.47 bits per heavy atom. The summed E-state index contributed by atoms with van der Waals surface area (Å²) in [4.78, 5) is 18.3. The molecule has 0 saturated carbocycles. The molecule has 0 radical (unpaired) electrons. The lowest BCUT2D eigenvalue weighted by Gasteiger charge is -2.04. The van der Waals surface area contributed by atoms with Crippen molar-refractivity contribution in [1.29, 1.82) is 0 Å². The van der Waals surface area contributed by atoms with Crippen LogP contribution in [0.15, 0.2) is 23.6 Å². The van der Waals surface area contributed by atoms with E-state index in [9.17, 15) is 13.2 Å². The van der Waals surface area contributed by atoms with Crippen molar-refractivity contribution in [2.24, 2.45) is 0 Å². The van der Waals surface area contributed by atoms with E-state index in [4.69, 9.17) is 0 Å². The van der Waals surface area contributed by atoms with Crippen molar-refractivity contribution in [2.75, 3.05) is 0 Å². The second-order valence-electron chi connectivity index (χ2n) is 2.82. The number of nitrogens with zero attached hydrogens (tertiary/aromatic N) is 2. The topological polar surface area (TPSA) is 89.0 Å². The van der Waals surface area contributed by atoms with Gasteiger partial charge in [0.2, 0.25) is 5.91 Å². The fourth-order valence-electron chi connectivity index (χ4n) is 0.904. The minimum absolute atomic E-state index is 0.166. The molecule has 15 heavy (non-hydrogen) atoms. The normalized spacial score (nSPS) is 11.0. The highest BCUT2D eigenvalue weighted by Crippen LogP contribution is 2.01. The van der Waals surface area contributed by atoms with Gasteiger partial charge in [-0.05, 0) is 6.42 Å². The Kier molecular flexibility index (Phi) is 3.73. The Morgan fingerprint density at radius 2 is 2.20 bits per heavy atom. The van der Waals surface area contributed by atoms with Crippen LogP contribution in [0, 0.1) is 0 Å². The summed E-state index contributed by atoms with van der Waals surface area (Å²) < 4.78 is 24.9. The first-order valence-electron chi connectivity index (χ1n) is 4.38. The number of aromatic nitrogens is 2. The van der Waals surface area contributed by atoms with Crippen molar-refractivity contribution in [3.63, 3.8) is 0 Å². The van der Waals surface area contributed by atoms with E-state index in [1.807, 2.05) is 4.72 Å². The smallest absolute Gasteiger partial charge is 0.274 e. The summed E-state index contributed by atoms with van der Waals surface area (Å²) in [6.07, 6.45) is 4.44. The number of nitrogens with one attached hydrogen (secondary N) is 1. The van der Waals surface area contributed by atoms with E-state index in [1.54, 1.807) is 6.92 Å². The number of carbonyl (C=O) groups excluding carboxylic acids is 1. The van der Waals surface area contributed by atoms with Gasteiger partial charge < -0.3 is 0 Å². The van der Waals surface area contributed by atoms with Crippen LogP contribution in [0.25, 0.3) is 0 Å². The number of carbonyl (C=O) groups is 1. The predicted octanol–water partition coefficient (Wildman–Crippen LogP) is 0.0816. The van der Waals surface area contributed by atoms with E-state index in [0.29, 0.717) is 6.42 Å². The average molecular weight is 229 g/mol. The Morgan fingerprint density at radius 3 is 2.73 bits per heavy atom. The van der Waals surface area contributed by atoms with E-state index in [1.165, 1.54) is 12.4 Å². The maximum atomic E-state index is 11.5. The van der Waals surface area contributed by atoms with Gasteiger partial charge in [0.25, 0.3) is 10.0 Å². The summed E-state index contributed by atoms with van der Waals surface area (Å²) in [5.41, 5.74) is 0. The van der Waals surface area contributed by atoms with Crippen LogP contribution < -0.4 is 4.72 Å². The molecule has 0 aliphatic heterocycles. The quantitative estimate of drug-likeness (QED) is 0.789. The van der Waals surface area contributed by atoms with E-state index in [2.05, 4.69) is 9.97 Å². The van der Waals surface area contributed by atoms with Crippen molar-refractivity contribution >= 4 is 15.9 Å². The lowest BCUT2D eigenvalue weighted by molar-refractivity contribution is -0.119. The van der Waals surface area contributed by atoms with Crippen molar-refractivity contribution in [2.45, 2.75) is 24.8 Å². The van der Waals surface area contributed by atoms with Gasteiger partial charge in [0.15, 0.2) is 5.03 Å². The zero-order chi connectivity index (χ0) is 11.3. The molecule has 6 nitrogen and oxygen atoms in total. The second kappa shape index (κ2) is 4.83. The number of rotatable bonds is 4. The van der Waals surface area contributed by atoms with E-state index in [-0.39, 0.29) is 11.4 Å². The third kappa shape index (κ3) is 3.28. The highest BCUT2D eigenvalue weighted by Gasteiger charge is 2.18. The van der Waals surface area contributed by atoms with Crippen LogP contribution in [0.4, 0.5) is 0 Å². The predicted molar refractivity (Wildman–Crippen MR) is 52.3 cm³/mol. The average Bonchev–Trinajstić information content (AvgIpc) is 2.18. The van der Waals surface area contributed by atoms with Crippen molar-refractivity contribution < 1.29 is 13.2 Å². The SMILES string of the molecule is CCCC(=O)NS(=O)(=O)c1cnccn1. The maximum absolute atomic E-state index is 11.5. The summed E-state index contributed by atoms with van der Waals surface area (Å²) in [6, 6.07) is 0. The van der Waals surface area contributed by atoms with Crippen LogP contribution in [0.3, 0.4) is 0 Å². The van der Waals surface area contributed by atoms with Crippen LogP contribution >= 0.6 is 0 Å². The molecule has 0 spiro atoms. The van der Waals surface area contributed by atoms with Gasteiger partial charge in [-0.25, -0.2) is 9.71 Å². The molecule has 1 aromatic heterocycles. The first kappa shape index (κ1) is 11.6. The molecule has 7 heteroatoms. The van der Waals surface area contributed by atoms with Gasteiger partial charge in [-0.1, -0.05) is 6.92 Å². The molecule has 1 aromatic rings. The van der Waals surface area contributed by atoms with Crippen molar-refractivity contribution in [3.05, 3.63) is 18.6 Å². The van der Waals surface area contributed by atoms with Gasteiger partial charge in [-0.3, -0.25) is 9.78 Å². The zero-order valence-corrected chi connectivity index (χ0v) is 8.99. The molecule has 0 aliphatic rings. The zero-order valence-electron chi connectivity index (χ0n) is 8.17. The monoisotopic (exact) mass is 229 g/mol. The van der Waals surface area contributed by atoms with Gasteiger partial charge >= 0.3 is 0 Å². The van der Waals surface area contributed by atoms with E-state index >= 15 is 0 Å². The molecule has 1 N–H and O–H groups in total. The Balaban J connectivity index is 2.81. The fourth-order valence-corrected chi connectivity index (χ4v) is 1.81. The number of amides is 1. The first-order chi connectivity index (χ1) is 7.06. The summed E-state index contributed by atoms with van der Waals surface area (Å²) in [5, 5.41) is -0.255. The molecule has 0 unspecified atom stereocenters. The molecular weight excluding hydrogens is 218 g/mol. The van der Waals surface area contributed by atoms with Gasteiger partial charge in [-0.2, -0.15) is 8.42 Å². The third-order valence-corrected chi connectivity index (χ3v) is 2.80. The van der Waals surface area contributed by atoms with Crippen LogP contribution in [-0.4, -0.2) is 24.3 Å². The van der Waals surface area contributed by atoms with Crippen molar-refractivity contribution in [1.82, 2.24) is 14.7 Å². The van der Waals surface area contributed by atoms with Crippen molar-refractivity contribution in [3.8, 4) is 0 Å². The van der Waals surface area contributed by atoms with Crippen LogP contribution in [0.5, 0.6) is 0 Å². The third-order valence-electron chi connectivity index (χ3n) is 1.54. The largest absolute Gasteiger partial charge is 0.283 e. The Bertz CT molecular complexity index is 430.